The fourth-order valence-corrected chi connectivity index (χ4v) is 2.40. The van der Waals surface area contributed by atoms with Crippen LogP contribution in [-0.2, 0) is 0 Å². The quantitative estimate of drug-likeness (QED) is 0.409. The van der Waals surface area contributed by atoms with Crippen LogP contribution in [0.15, 0.2) is 60.7 Å². The molecule has 0 fully saturated rings. The van der Waals surface area contributed by atoms with Gasteiger partial charge in [0.2, 0.25) is 0 Å². The van der Waals surface area contributed by atoms with Crippen LogP contribution >= 0.6 is 0 Å². The Labute approximate surface area is 139 Å². The molecule has 0 saturated carbocycles. The Morgan fingerprint density at radius 3 is 2.00 bits per heavy atom. The van der Waals surface area contributed by atoms with Crippen LogP contribution in [0.4, 0.5) is 0 Å². The molecular weight excluding hydrogens is 304 g/mol. The topological polar surface area (TPSA) is 52.6 Å². The molecule has 3 aromatic rings. The van der Waals surface area contributed by atoms with Gasteiger partial charge in [-0.05, 0) is 66.2 Å². The molecule has 0 atom stereocenters. The highest BCUT2D eigenvalue weighted by Gasteiger charge is 2.10. The second-order valence-electron chi connectivity index (χ2n) is 5.40. The smallest absolute Gasteiger partial charge is 0.343 e. The normalized spacial score (nSPS) is 10.4. The van der Waals surface area contributed by atoms with Gasteiger partial charge in [0.05, 0.1) is 12.7 Å². The average Bonchev–Trinajstić information content (AvgIpc) is 2.61. The zero-order chi connectivity index (χ0) is 17.1. The number of carbonyl (C=O) groups is 2. The fraction of sp³-hybridized carbons (Fsp3) is 0.100. The van der Waals surface area contributed by atoms with Crippen LogP contribution in [0.3, 0.4) is 0 Å². The highest BCUT2D eigenvalue weighted by molar-refractivity contribution is 5.97. The van der Waals surface area contributed by atoms with Crippen molar-refractivity contribution in [1.29, 1.82) is 0 Å². The van der Waals surface area contributed by atoms with Crippen LogP contribution in [0.5, 0.6) is 11.5 Å². The highest BCUT2D eigenvalue weighted by atomic mass is 16.5. The van der Waals surface area contributed by atoms with E-state index in [2.05, 4.69) is 0 Å². The molecule has 0 bridgehead atoms. The molecule has 0 spiro atoms. The lowest BCUT2D eigenvalue weighted by Gasteiger charge is -2.07. The van der Waals surface area contributed by atoms with E-state index >= 15 is 0 Å². The fourth-order valence-electron chi connectivity index (χ4n) is 2.40. The van der Waals surface area contributed by atoms with Crippen LogP contribution in [0.25, 0.3) is 10.8 Å². The molecule has 0 aliphatic carbocycles. The van der Waals surface area contributed by atoms with Crippen molar-refractivity contribution in [2.24, 2.45) is 0 Å². The molecule has 0 radical (unpaired) electrons. The Balaban J connectivity index is 1.81. The molecule has 0 N–H and O–H groups in total. The molecule has 0 aliphatic rings. The monoisotopic (exact) mass is 320 g/mol. The minimum Gasteiger partial charge on any atom is -0.497 e. The number of hydrogen-bond donors (Lipinski definition) is 0. The van der Waals surface area contributed by atoms with E-state index in [1.165, 1.54) is 6.92 Å². The first-order valence-corrected chi connectivity index (χ1v) is 7.48. The van der Waals surface area contributed by atoms with E-state index in [0.29, 0.717) is 16.9 Å². The van der Waals surface area contributed by atoms with Gasteiger partial charge in [-0.2, -0.15) is 0 Å². The number of Topliss-reactive ketones (excluding diaryl/α,β-unsaturated/α-hetero) is 1. The van der Waals surface area contributed by atoms with Gasteiger partial charge in [0, 0.05) is 5.56 Å². The molecule has 120 valence electrons. The third-order valence-electron chi connectivity index (χ3n) is 3.75. The summed E-state index contributed by atoms with van der Waals surface area (Å²) in [6, 6.07) is 17.5. The van der Waals surface area contributed by atoms with Crippen molar-refractivity contribution < 1.29 is 19.1 Å². The predicted molar refractivity (Wildman–Crippen MR) is 91.9 cm³/mol. The zero-order valence-electron chi connectivity index (χ0n) is 13.4. The maximum Gasteiger partial charge on any atom is 0.343 e. The van der Waals surface area contributed by atoms with Gasteiger partial charge in [-0.25, -0.2) is 4.79 Å². The summed E-state index contributed by atoms with van der Waals surface area (Å²) in [6.45, 7) is 1.49. The molecule has 0 aromatic heterocycles. The summed E-state index contributed by atoms with van der Waals surface area (Å²) in [4.78, 5) is 23.5. The molecule has 3 aromatic carbocycles. The lowest BCUT2D eigenvalue weighted by Crippen LogP contribution is -2.08. The number of esters is 1. The van der Waals surface area contributed by atoms with Crippen LogP contribution in [0, 0.1) is 0 Å². The molecule has 0 aliphatic heterocycles. The second kappa shape index (κ2) is 6.54. The molecule has 4 heteroatoms. The number of ketones is 1. The Bertz CT molecular complexity index is 911. The van der Waals surface area contributed by atoms with Gasteiger partial charge >= 0.3 is 5.97 Å². The second-order valence-corrected chi connectivity index (χ2v) is 5.40. The maximum atomic E-state index is 12.3. The van der Waals surface area contributed by atoms with Crippen molar-refractivity contribution in [3.63, 3.8) is 0 Å². The first-order valence-electron chi connectivity index (χ1n) is 7.48. The molecule has 24 heavy (non-hydrogen) atoms. The van der Waals surface area contributed by atoms with Gasteiger partial charge in [-0.1, -0.05) is 12.1 Å². The van der Waals surface area contributed by atoms with E-state index in [1.54, 1.807) is 43.5 Å². The number of ether oxygens (including phenoxy) is 2. The summed E-state index contributed by atoms with van der Waals surface area (Å²) in [5.41, 5.74) is 1.04. The molecule has 0 heterocycles. The van der Waals surface area contributed by atoms with Gasteiger partial charge in [-0.15, -0.1) is 0 Å². The summed E-state index contributed by atoms with van der Waals surface area (Å²) in [5.74, 6) is 0.698. The van der Waals surface area contributed by atoms with Crippen molar-refractivity contribution in [3.8, 4) is 11.5 Å². The SMILES string of the molecule is COc1ccc2cc(C(=O)Oc3ccc(C(C)=O)cc3)ccc2c1. The number of methoxy groups -OCH3 is 1. The Hall–Kier alpha value is -3.14. The maximum absolute atomic E-state index is 12.3. The van der Waals surface area contributed by atoms with E-state index in [4.69, 9.17) is 9.47 Å². The molecule has 0 saturated heterocycles. The van der Waals surface area contributed by atoms with E-state index in [-0.39, 0.29) is 5.78 Å². The first-order chi connectivity index (χ1) is 11.6. The number of hydrogen-bond acceptors (Lipinski definition) is 4. The molecule has 3 rings (SSSR count). The van der Waals surface area contributed by atoms with E-state index in [0.717, 1.165) is 16.5 Å². The largest absolute Gasteiger partial charge is 0.497 e. The zero-order valence-corrected chi connectivity index (χ0v) is 13.4. The average molecular weight is 320 g/mol. The molecule has 4 nitrogen and oxygen atoms in total. The van der Waals surface area contributed by atoms with Crippen LogP contribution in [0.1, 0.15) is 27.6 Å². The van der Waals surface area contributed by atoms with Crippen molar-refractivity contribution in [1.82, 2.24) is 0 Å². The van der Waals surface area contributed by atoms with Gasteiger partial charge in [0.1, 0.15) is 11.5 Å². The van der Waals surface area contributed by atoms with Crippen LogP contribution < -0.4 is 9.47 Å². The van der Waals surface area contributed by atoms with Gasteiger partial charge < -0.3 is 9.47 Å². The van der Waals surface area contributed by atoms with E-state index in [9.17, 15) is 9.59 Å². The van der Waals surface area contributed by atoms with E-state index in [1.807, 2.05) is 24.3 Å². The lowest BCUT2D eigenvalue weighted by molar-refractivity contribution is 0.0735. The highest BCUT2D eigenvalue weighted by Crippen LogP contribution is 2.23. The standard InChI is InChI=1S/C20H16O4/c1-13(21)14-5-8-18(9-6-14)24-20(22)17-4-3-16-12-19(23-2)10-7-15(16)11-17/h3-12H,1-2H3. The van der Waals surface area contributed by atoms with Crippen molar-refractivity contribution in [2.75, 3.05) is 7.11 Å². The van der Waals surface area contributed by atoms with Gasteiger partial charge in [0.25, 0.3) is 0 Å². The van der Waals surface area contributed by atoms with Crippen molar-refractivity contribution >= 4 is 22.5 Å². The van der Waals surface area contributed by atoms with Gasteiger partial charge in [-0.3, -0.25) is 4.79 Å². The predicted octanol–water partition coefficient (Wildman–Crippen LogP) is 4.27. The van der Waals surface area contributed by atoms with Crippen molar-refractivity contribution in [2.45, 2.75) is 6.92 Å². The lowest BCUT2D eigenvalue weighted by atomic mass is 10.1. The van der Waals surface area contributed by atoms with Crippen molar-refractivity contribution in [3.05, 3.63) is 71.8 Å². The summed E-state index contributed by atoms with van der Waals surface area (Å²) >= 11 is 0. The Morgan fingerprint density at radius 2 is 1.33 bits per heavy atom. The van der Waals surface area contributed by atoms with E-state index < -0.39 is 5.97 Å². The number of carbonyl (C=O) groups excluding carboxylic acids is 2. The molecular formula is C20H16O4. The minimum absolute atomic E-state index is 0.0298. The number of benzene rings is 3. The van der Waals surface area contributed by atoms with Gasteiger partial charge in [0.15, 0.2) is 5.78 Å². The summed E-state index contributed by atoms with van der Waals surface area (Å²) in [6.07, 6.45) is 0. The third-order valence-corrected chi connectivity index (χ3v) is 3.75. The molecule has 0 amide bonds. The summed E-state index contributed by atoms with van der Waals surface area (Å²) in [7, 11) is 1.62. The Kier molecular flexibility index (Phi) is 4.29. The number of fused-ring (bicyclic) bond motifs is 1. The summed E-state index contributed by atoms with van der Waals surface area (Å²) in [5, 5.41) is 1.91. The number of rotatable bonds is 4. The Morgan fingerprint density at radius 1 is 0.750 bits per heavy atom. The minimum atomic E-state index is -0.441. The first kappa shape index (κ1) is 15.7. The summed E-state index contributed by atoms with van der Waals surface area (Å²) < 4.78 is 10.5. The third kappa shape index (κ3) is 3.27. The van der Waals surface area contributed by atoms with Crippen LogP contribution in [-0.4, -0.2) is 18.9 Å². The van der Waals surface area contributed by atoms with Crippen LogP contribution in [0.2, 0.25) is 0 Å². The molecule has 0 unspecified atom stereocenters.